The number of aryl methyl sites for hydroxylation is 1. The zero-order valence-corrected chi connectivity index (χ0v) is 10.8. The second kappa shape index (κ2) is 5.64. The normalized spacial score (nSPS) is 12.1. The summed E-state index contributed by atoms with van der Waals surface area (Å²) >= 11 is 1.42. The van der Waals surface area contributed by atoms with Gasteiger partial charge in [0.1, 0.15) is 6.04 Å². The third-order valence-electron chi connectivity index (χ3n) is 2.50. The van der Waals surface area contributed by atoms with Crippen LogP contribution >= 0.6 is 11.3 Å². The van der Waals surface area contributed by atoms with Crippen molar-refractivity contribution in [1.29, 1.82) is 0 Å². The Kier molecular flexibility index (Phi) is 3.94. The molecule has 1 heterocycles. The van der Waals surface area contributed by atoms with Crippen molar-refractivity contribution < 1.29 is 9.90 Å². The lowest BCUT2D eigenvalue weighted by Gasteiger charge is -2.13. The molecule has 0 radical (unpaired) electrons. The van der Waals surface area contributed by atoms with Gasteiger partial charge in [0, 0.05) is 11.8 Å². The molecule has 5 heteroatoms. The molecular weight excluding hydrogens is 248 g/mol. The van der Waals surface area contributed by atoms with E-state index in [1.807, 2.05) is 42.6 Å². The third kappa shape index (κ3) is 3.30. The van der Waals surface area contributed by atoms with Crippen molar-refractivity contribution in [3.05, 3.63) is 47.0 Å². The number of hydrogen-bond acceptors (Lipinski definition) is 4. The number of nitrogens with one attached hydrogen (secondary N) is 1. The quantitative estimate of drug-likeness (QED) is 0.869. The average Bonchev–Trinajstić information content (AvgIpc) is 2.75. The monoisotopic (exact) mass is 262 g/mol. The van der Waals surface area contributed by atoms with Gasteiger partial charge < -0.3 is 10.4 Å². The molecule has 4 nitrogen and oxygen atoms in total. The number of carbonyl (C=O) groups is 1. The highest BCUT2D eigenvalue weighted by Gasteiger charge is 2.18. The molecule has 0 aliphatic rings. The Balaban J connectivity index is 2.07. The van der Waals surface area contributed by atoms with Gasteiger partial charge in [0.05, 0.1) is 5.69 Å². The molecule has 1 unspecified atom stereocenters. The fraction of sp³-hybridized carbons (Fsp3) is 0.231. The summed E-state index contributed by atoms with van der Waals surface area (Å²) in [4.78, 5) is 15.4. The Morgan fingerprint density at radius 1 is 1.44 bits per heavy atom. The van der Waals surface area contributed by atoms with Gasteiger partial charge in [-0.05, 0) is 12.5 Å². The largest absolute Gasteiger partial charge is 0.480 e. The van der Waals surface area contributed by atoms with E-state index in [1.54, 1.807) is 0 Å². The second-order valence-electron chi connectivity index (χ2n) is 4.02. The van der Waals surface area contributed by atoms with E-state index in [9.17, 15) is 9.90 Å². The highest BCUT2D eigenvalue weighted by atomic mass is 32.1. The zero-order valence-electron chi connectivity index (χ0n) is 9.96. The molecule has 2 rings (SSSR count). The van der Waals surface area contributed by atoms with Crippen molar-refractivity contribution in [2.24, 2.45) is 0 Å². The number of hydrogen-bond donors (Lipinski definition) is 2. The van der Waals surface area contributed by atoms with Crippen molar-refractivity contribution in [2.75, 3.05) is 5.32 Å². The number of aromatic nitrogens is 1. The molecule has 1 aromatic heterocycles. The number of carboxylic acids is 1. The van der Waals surface area contributed by atoms with Crippen LogP contribution in [0.2, 0.25) is 0 Å². The molecule has 18 heavy (non-hydrogen) atoms. The summed E-state index contributed by atoms with van der Waals surface area (Å²) in [5, 5.41) is 14.7. The van der Waals surface area contributed by atoms with Crippen LogP contribution in [-0.2, 0) is 11.2 Å². The SMILES string of the molecule is Cc1csc(NC(Cc2ccccc2)C(=O)O)n1. The standard InChI is InChI=1S/C13H14N2O2S/c1-9-8-18-13(14-9)15-11(12(16)17)7-10-5-3-2-4-6-10/h2-6,8,11H,7H2,1H3,(H,14,15)(H,16,17). The van der Waals surface area contributed by atoms with Crippen LogP contribution < -0.4 is 5.32 Å². The fourth-order valence-electron chi connectivity index (χ4n) is 1.62. The maximum Gasteiger partial charge on any atom is 0.326 e. The van der Waals surface area contributed by atoms with E-state index >= 15 is 0 Å². The van der Waals surface area contributed by atoms with Crippen LogP contribution in [-0.4, -0.2) is 22.1 Å². The van der Waals surface area contributed by atoms with Gasteiger partial charge in [-0.15, -0.1) is 11.3 Å². The highest BCUT2D eigenvalue weighted by molar-refractivity contribution is 7.13. The van der Waals surface area contributed by atoms with Crippen molar-refractivity contribution in [1.82, 2.24) is 4.98 Å². The van der Waals surface area contributed by atoms with Gasteiger partial charge >= 0.3 is 5.97 Å². The Bertz CT molecular complexity index is 525. The number of carboxylic acid groups (broad SMARTS) is 1. The van der Waals surface area contributed by atoms with Crippen molar-refractivity contribution >= 4 is 22.4 Å². The molecule has 1 aromatic carbocycles. The lowest BCUT2D eigenvalue weighted by Crippen LogP contribution is -2.31. The van der Waals surface area contributed by atoms with Gasteiger partial charge in [-0.1, -0.05) is 30.3 Å². The van der Waals surface area contributed by atoms with Crippen LogP contribution in [0.3, 0.4) is 0 Å². The molecule has 0 fully saturated rings. The van der Waals surface area contributed by atoms with Gasteiger partial charge in [-0.25, -0.2) is 9.78 Å². The van der Waals surface area contributed by atoms with E-state index in [1.165, 1.54) is 11.3 Å². The highest BCUT2D eigenvalue weighted by Crippen LogP contribution is 2.17. The third-order valence-corrected chi connectivity index (χ3v) is 3.39. The number of benzene rings is 1. The average molecular weight is 262 g/mol. The Hall–Kier alpha value is -1.88. The number of thiazole rings is 1. The van der Waals surface area contributed by atoms with E-state index in [0.717, 1.165) is 11.3 Å². The van der Waals surface area contributed by atoms with Crippen LogP contribution in [0.5, 0.6) is 0 Å². The fourth-order valence-corrected chi connectivity index (χ4v) is 2.36. The summed E-state index contributed by atoms with van der Waals surface area (Å²) in [6, 6.07) is 8.91. The molecule has 0 amide bonds. The predicted molar refractivity (Wildman–Crippen MR) is 72.0 cm³/mol. The number of nitrogens with zero attached hydrogens (tertiary/aromatic N) is 1. The molecule has 0 bridgehead atoms. The summed E-state index contributed by atoms with van der Waals surface area (Å²) in [6.07, 6.45) is 0.439. The van der Waals surface area contributed by atoms with E-state index < -0.39 is 12.0 Å². The first kappa shape index (κ1) is 12.6. The van der Waals surface area contributed by atoms with Crippen molar-refractivity contribution in [2.45, 2.75) is 19.4 Å². The summed E-state index contributed by atoms with van der Waals surface area (Å²) in [6.45, 7) is 1.88. The van der Waals surface area contributed by atoms with E-state index in [2.05, 4.69) is 10.3 Å². The zero-order chi connectivity index (χ0) is 13.0. The lowest BCUT2D eigenvalue weighted by atomic mass is 10.1. The van der Waals surface area contributed by atoms with Crippen molar-refractivity contribution in [3.8, 4) is 0 Å². The Morgan fingerprint density at radius 2 is 2.17 bits per heavy atom. The second-order valence-corrected chi connectivity index (χ2v) is 4.88. The molecule has 94 valence electrons. The van der Waals surface area contributed by atoms with Crippen LogP contribution in [0.1, 0.15) is 11.3 Å². The summed E-state index contributed by atoms with van der Waals surface area (Å²) in [7, 11) is 0. The van der Waals surface area contributed by atoms with Crippen LogP contribution in [0.15, 0.2) is 35.7 Å². The minimum atomic E-state index is -0.869. The molecule has 0 aliphatic carbocycles. The number of aliphatic carboxylic acids is 1. The van der Waals surface area contributed by atoms with Crippen LogP contribution in [0.25, 0.3) is 0 Å². The lowest BCUT2D eigenvalue weighted by molar-refractivity contribution is -0.137. The molecular formula is C13H14N2O2S. The molecule has 0 spiro atoms. The smallest absolute Gasteiger partial charge is 0.326 e. The Morgan fingerprint density at radius 3 is 2.72 bits per heavy atom. The minimum absolute atomic E-state index is 0.439. The number of rotatable bonds is 5. The first-order chi connectivity index (χ1) is 8.65. The molecule has 0 saturated carbocycles. The summed E-state index contributed by atoms with van der Waals surface area (Å²) < 4.78 is 0. The Labute approximate surface area is 109 Å². The van der Waals surface area contributed by atoms with Crippen LogP contribution in [0.4, 0.5) is 5.13 Å². The maximum atomic E-state index is 11.2. The van der Waals surface area contributed by atoms with Gasteiger partial charge in [0.2, 0.25) is 0 Å². The first-order valence-electron chi connectivity index (χ1n) is 5.60. The van der Waals surface area contributed by atoms with Gasteiger partial charge in [-0.3, -0.25) is 0 Å². The first-order valence-corrected chi connectivity index (χ1v) is 6.48. The van der Waals surface area contributed by atoms with Crippen LogP contribution in [0, 0.1) is 6.92 Å². The van der Waals surface area contributed by atoms with E-state index in [-0.39, 0.29) is 0 Å². The van der Waals surface area contributed by atoms with E-state index in [4.69, 9.17) is 0 Å². The molecule has 2 N–H and O–H groups in total. The summed E-state index contributed by atoms with van der Waals surface area (Å²) in [5.41, 5.74) is 1.89. The molecule has 2 aromatic rings. The van der Waals surface area contributed by atoms with E-state index in [0.29, 0.717) is 11.6 Å². The summed E-state index contributed by atoms with van der Waals surface area (Å²) in [5.74, 6) is -0.869. The van der Waals surface area contributed by atoms with Gasteiger partial charge in [0.25, 0.3) is 0 Å². The number of anilines is 1. The maximum absolute atomic E-state index is 11.2. The van der Waals surface area contributed by atoms with Gasteiger partial charge in [-0.2, -0.15) is 0 Å². The van der Waals surface area contributed by atoms with Gasteiger partial charge in [0.15, 0.2) is 5.13 Å². The molecule has 0 aliphatic heterocycles. The van der Waals surface area contributed by atoms with Crippen molar-refractivity contribution in [3.63, 3.8) is 0 Å². The molecule has 1 atom stereocenters. The predicted octanol–water partition coefficient (Wildman–Crippen LogP) is 2.56. The molecule has 0 saturated heterocycles. The minimum Gasteiger partial charge on any atom is -0.480 e. The topological polar surface area (TPSA) is 62.2 Å².